The number of methoxy groups -OCH3 is 1. The van der Waals surface area contributed by atoms with Crippen LogP contribution in [0.15, 0.2) is 22.9 Å². The standard InChI is InChI=1S/C12H14BrN3O/c1-7(2)16-12-8-4-9(13)11(17-3)5-10(8)14-6-15-12/h4-7H,1-3H3,(H,14,15,16). The van der Waals surface area contributed by atoms with Crippen molar-refractivity contribution in [2.45, 2.75) is 19.9 Å². The Hall–Kier alpha value is -1.36. The number of anilines is 1. The number of benzene rings is 1. The van der Waals surface area contributed by atoms with Gasteiger partial charge in [-0.2, -0.15) is 0 Å². The zero-order valence-corrected chi connectivity index (χ0v) is 11.6. The van der Waals surface area contributed by atoms with Gasteiger partial charge in [-0.1, -0.05) is 0 Å². The Balaban J connectivity index is 2.60. The van der Waals surface area contributed by atoms with Crippen molar-refractivity contribution in [2.75, 3.05) is 12.4 Å². The smallest absolute Gasteiger partial charge is 0.137 e. The van der Waals surface area contributed by atoms with E-state index in [0.717, 1.165) is 26.9 Å². The third-order valence-electron chi connectivity index (χ3n) is 2.33. The molecule has 0 unspecified atom stereocenters. The summed E-state index contributed by atoms with van der Waals surface area (Å²) < 4.78 is 6.14. The lowest BCUT2D eigenvalue weighted by Gasteiger charge is -2.12. The van der Waals surface area contributed by atoms with Crippen molar-refractivity contribution in [1.29, 1.82) is 0 Å². The van der Waals surface area contributed by atoms with Gasteiger partial charge in [0.05, 0.1) is 17.1 Å². The van der Waals surface area contributed by atoms with E-state index in [-0.39, 0.29) is 0 Å². The van der Waals surface area contributed by atoms with Gasteiger partial charge in [-0.15, -0.1) is 0 Å². The van der Waals surface area contributed by atoms with Gasteiger partial charge in [0.15, 0.2) is 0 Å². The lowest BCUT2D eigenvalue weighted by Crippen LogP contribution is -2.11. The number of nitrogens with zero attached hydrogens (tertiary/aromatic N) is 2. The SMILES string of the molecule is COc1cc2ncnc(NC(C)C)c2cc1Br. The first-order chi connectivity index (χ1) is 8.11. The number of aromatic nitrogens is 2. The molecule has 0 aliphatic rings. The molecule has 2 rings (SSSR count). The van der Waals surface area contributed by atoms with Gasteiger partial charge in [-0.05, 0) is 35.8 Å². The summed E-state index contributed by atoms with van der Waals surface area (Å²) in [5.41, 5.74) is 0.864. The molecule has 90 valence electrons. The van der Waals surface area contributed by atoms with E-state index < -0.39 is 0 Å². The van der Waals surface area contributed by atoms with Gasteiger partial charge in [0.25, 0.3) is 0 Å². The molecular weight excluding hydrogens is 282 g/mol. The van der Waals surface area contributed by atoms with E-state index in [4.69, 9.17) is 4.74 Å². The molecule has 0 atom stereocenters. The van der Waals surface area contributed by atoms with Crippen molar-refractivity contribution >= 4 is 32.7 Å². The molecular formula is C12H14BrN3O. The Bertz CT molecular complexity index is 543. The highest BCUT2D eigenvalue weighted by molar-refractivity contribution is 9.10. The maximum atomic E-state index is 5.25. The summed E-state index contributed by atoms with van der Waals surface area (Å²) in [7, 11) is 1.64. The summed E-state index contributed by atoms with van der Waals surface area (Å²) in [4.78, 5) is 8.51. The highest BCUT2D eigenvalue weighted by atomic mass is 79.9. The van der Waals surface area contributed by atoms with Gasteiger partial charge in [-0.25, -0.2) is 9.97 Å². The van der Waals surface area contributed by atoms with Gasteiger partial charge in [0.2, 0.25) is 0 Å². The van der Waals surface area contributed by atoms with E-state index in [1.807, 2.05) is 12.1 Å². The van der Waals surface area contributed by atoms with Gasteiger partial charge < -0.3 is 10.1 Å². The Kier molecular flexibility index (Phi) is 3.47. The minimum atomic E-state index is 0.328. The van der Waals surface area contributed by atoms with E-state index in [1.54, 1.807) is 13.4 Å². The average Bonchev–Trinajstić information content (AvgIpc) is 2.28. The molecule has 0 fully saturated rings. The Morgan fingerprint density at radius 2 is 2.06 bits per heavy atom. The maximum Gasteiger partial charge on any atom is 0.137 e. The summed E-state index contributed by atoms with van der Waals surface area (Å²) >= 11 is 3.47. The topological polar surface area (TPSA) is 47.0 Å². The first-order valence-electron chi connectivity index (χ1n) is 5.36. The van der Waals surface area contributed by atoms with Crippen molar-refractivity contribution < 1.29 is 4.74 Å². The van der Waals surface area contributed by atoms with Crippen molar-refractivity contribution in [2.24, 2.45) is 0 Å². The van der Waals surface area contributed by atoms with Crippen LogP contribution in [0.3, 0.4) is 0 Å². The zero-order chi connectivity index (χ0) is 12.4. The van der Waals surface area contributed by atoms with Crippen molar-refractivity contribution in [3.63, 3.8) is 0 Å². The predicted molar refractivity (Wildman–Crippen MR) is 72.5 cm³/mol. The van der Waals surface area contributed by atoms with Crippen LogP contribution in [0.2, 0.25) is 0 Å². The monoisotopic (exact) mass is 295 g/mol. The fourth-order valence-corrected chi connectivity index (χ4v) is 2.11. The molecule has 1 N–H and O–H groups in total. The first-order valence-corrected chi connectivity index (χ1v) is 6.16. The zero-order valence-electron chi connectivity index (χ0n) is 9.99. The maximum absolute atomic E-state index is 5.25. The minimum Gasteiger partial charge on any atom is -0.495 e. The Morgan fingerprint density at radius 3 is 2.71 bits per heavy atom. The van der Waals surface area contributed by atoms with Gasteiger partial charge in [0.1, 0.15) is 17.9 Å². The van der Waals surface area contributed by atoms with E-state index in [1.165, 1.54) is 0 Å². The molecule has 0 saturated heterocycles. The molecule has 17 heavy (non-hydrogen) atoms. The van der Waals surface area contributed by atoms with E-state index in [2.05, 4.69) is 45.1 Å². The third-order valence-corrected chi connectivity index (χ3v) is 2.95. The molecule has 0 saturated carbocycles. The summed E-state index contributed by atoms with van der Waals surface area (Å²) in [5.74, 6) is 1.61. The number of nitrogens with one attached hydrogen (secondary N) is 1. The molecule has 1 aromatic heterocycles. The lowest BCUT2D eigenvalue weighted by atomic mass is 10.2. The van der Waals surface area contributed by atoms with Crippen molar-refractivity contribution in [1.82, 2.24) is 9.97 Å². The van der Waals surface area contributed by atoms with Crippen LogP contribution >= 0.6 is 15.9 Å². The molecule has 0 spiro atoms. The fraction of sp³-hybridized carbons (Fsp3) is 0.333. The minimum absolute atomic E-state index is 0.328. The molecule has 0 aliphatic carbocycles. The van der Waals surface area contributed by atoms with Crippen LogP contribution in [0, 0.1) is 0 Å². The van der Waals surface area contributed by atoms with Crippen molar-refractivity contribution in [3.05, 3.63) is 22.9 Å². The first kappa shape index (κ1) is 12.1. The van der Waals surface area contributed by atoms with Crippen LogP contribution in [0.25, 0.3) is 10.9 Å². The largest absolute Gasteiger partial charge is 0.495 e. The number of hydrogen-bond acceptors (Lipinski definition) is 4. The van der Waals surface area contributed by atoms with Crippen molar-refractivity contribution in [3.8, 4) is 5.75 Å². The molecule has 0 aliphatic heterocycles. The van der Waals surface area contributed by atoms with Crippen LogP contribution in [0.5, 0.6) is 5.75 Å². The number of halogens is 1. The Morgan fingerprint density at radius 1 is 1.29 bits per heavy atom. The van der Waals surface area contributed by atoms with Crippen LogP contribution in [-0.4, -0.2) is 23.1 Å². The molecule has 0 amide bonds. The van der Waals surface area contributed by atoms with Crippen LogP contribution in [-0.2, 0) is 0 Å². The van der Waals surface area contributed by atoms with Crippen LogP contribution in [0.4, 0.5) is 5.82 Å². The average molecular weight is 296 g/mol. The number of rotatable bonds is 3. The highest BCUT2D eigenvalue weighted by Crippen LogP contribution is 2.31. The lowest BCUT2D eigenvalue weighted by molar-refractivity contribution is 0.412. The summed E-state index contributed by atoms with van der Waals surface area (Å²) in [6.45, 7) is 4.15. The van der Waals surface area contributed by atoms with E-state index >= 15 is 0 Å². The third kappa shape index (κ3) is 2.49. The molecule has 1 heterocycles. The summed E-state index contributed by atoms with van der Waals surface area (Å²) in [6.07, 6.45) is 1.56. The van der Waals surface area contributed by atoms with Crippen LogP contribution in [0.1, 0.15) is 13.8 Å². The summed E-state index contributed by atoms with van der Waals surface area (Å²) in [6, 6.07) is 4.19. The molecule has 1 aromatic carbocycles. The molecule has 4 nitrogen and oxygen atoms in total. The quantitative estimate of drug-likeness (QED) is 0.944. The molecule has 5 heteroatoms. The second-order valence-electron chi connectivity index (χ2n) is 4.03. The fourth-order valence-electron chi connectivity index (χ4n) is 1.60. The van der Waals surface area contributed by atoms with Gasteiger partial charge >= 0.3 is 0 Å². The van der Waals surface area contributed by atoms with Gasteiger partial charge in [-0.3, -0.25) is 0 Å². The number of ether oxygens (including phenoxy) is 1. The number of hydrogen-bond donors (Lipinski definition) is 1. The molecule has 0 radical (unpaired) electrons. The predicted octanol–water partition coefficient (Wildman–Crippen LogP) is 3.22. The second kappa shape index (κ2) is 4.87. The van der Waals surface area contributed by atoms with Crippen LogP contribution < -0.4 is 10.1 Å². The normalized spacial score (nSPS) is 10.9. The van der Waals surface area contributed by atoms with E-state index in [9.17, 15) is 0 Å². The van der Waals surface area contributed by atoms with E-state index in [0.29, 0.717) is 6.04 Å². The second-order valence-corrected chi connectivity index (χ2v) is 4.88. The molecule has 0 bridgehead atoms. The summed E-state index contributed by atoms with van der Waals surface area (Å²) in [5, 5.41) is 4.28. The highest BCUT2D eigenvalue weighted by Gasteiger charge is 2.09. The Labute approximate surface area is 109 Å². The number of fused-ring (bicyclic) bond motifs is 1. The molecule has 2 aromatic rings. The van der Waals surface area contributed by atoms with Gasteiger partial charge in [0, 0.05) is 17.5 Å².